The van der Waals surface area contributed by atoms with Crippen LogP contribution in [0.5, 0.6) is 0 Å². The first-order valence-corrected chi connectivity index (χ1v) is 6.03. The average molecular weight is 253 g/mol. The van der Waals surface area contributed by atoms with Gasteiger partial charge in [0.05, 0.1) is 10.8 Å². The molecule has 1 aliphatic carbocycles. The molecule has 0 bridgehead atoms. The molecule has 0 radical (unpaired) electrons. The molecule has 0 heterocycles. The lowest BCUT2D eigenvalue weighted by molar-refractivity contribution is -0.384. The minimum atomic E-state index is -0.436. The molecule has 0 unspecified atom stereocenters. The van der Waals surface area contributed by atoms with Crippen LogP contribution in [0, 0.1) is 10.1 Å². The Kier molecular flexibility index (Phi) is 2.63. The summed E-state index contributed by atoms with van der Waals surface area (Å²) in [5.74, 6) is -0.109. The van der Waals surface area contributed by atoms with Crippen molar-refractivity contribution in [3.05, 3.63) is 75.3 Å². The molecule has 94 valence electrons. The van der Waals surface area contributed by atoms with E-state index >= 15 is 0 Å². The molecular weight excluding hydrogens is 242 g/mol. The smallest absolute Gasteiger partial charge is 0.269 e. The van der Waals surface area contributed by atoms with Crippen molar-refractivity contribution < 1.29 is 9.72 Å². The summed E-state index contributed by atoms with van der Waals surface area (Å²) < 4.78 is 0. The Balaban J connectivity index is 1.93. The Labute approximate surface area is 109 Å². The number of nitro benzene ring substituents is 1. The first kappa shape index (κ1) is 11.6. The summed E-state index contributed by atoms with van der Waals surface area (Å²) in [6, 6.07) is 13.8. The summed E-state index contributed by atoms with van der Waals surface area (Å²) in [4.78, 5) is 22.5. The van der Waals surface area contributed by atoms with Crippen LogP contribution in [0.15, 0.2) is 48.5 Å². The number of fused-ring (bicyclic) bond motifs is 1. The SMILES string of the molecule is O=C1c2ccccc2C[C@@H]1c1ccc([N+](=O)[O-])cc1. The Hall–Kier alpha value is -2.49. The number of benzene rings is 2. The van der Waals surface area contributed by atoms with Crippen molar-refractivity contribution in [2.24, 2.45) is 0 Å². The van der Waals surface area contributed by atoms with Crippen molar-refractivity contribution in [1.82, 2.24) is 0 Å². The van der Waals surface area contributed by atoms with E-state index in [-0.39, 0.29) is 17.4 Å². The highest BCUT2D eigenvalue weighted by Gasteiger charge is 2.31. The quantitative estimate of drug-likeness (QED) is 0.610. The van der Waals surface area contributed by atoms with Gasteiger partial charge < -0.3 is 0 Å². The molecule has 0 fully saturated rings. The fourth-order valence-electron chi connectivity index (χ4n) is 2.54. The number of nitrogens with zero attached hydrogens (tertiary/aromatic N) is 1. The van der Waals surface area contributed by atoms with Gasteiger partial charge in [0.25, 0.3) is 5.69 Å². The van der Waals surface area contributed by atoms with Crippen molar-refractivity contribution in [2.75, 3.05) is 0 Å². The number of ketones is 1. The van der Waals surface area contributed by atoms with E-state index in [2.05, 4.69) is 0 Å². The summed E-state index contributed by atoms with van der Waals surface area (Å²) in [7, 11) is 0. The third kappa shape index (κ3) is 1.91. The molecule has 3 rings (SSSR count). The number of non-ortho nitro benzene ring substituents is 1. The van der Waals surface area contributed by atoms with Crippen LogP contribution >= 0.6 is 0 Å². The largest absolute Gasteiger partial charge is 0.293 e. The number of carbonyl (C=O) groups is 1. The van der Waals surface area contributed by atoms with Crippen molar-refractivity contribution in [2.45, 2.75) is 12.3 Å². The predicted octanol–water partition coefficient (Wildman–Crippen LogP) is 3.12. The predicted molar refractivity (Wildman–Crippen MR) is 70.3 cm³/mol. The van der Waals surface area contributed by atoms with E-state index in [1.807, 2.05) is 24.3 Å². The van der Waals surface area contributed by atoms with Gasteiger partial charge in [0.15, 0.2) is 5.78 Å². The summed E-state index contributed by atoms with van der Waals surface area (Å²) in [6.45, 7) is 0. The van der Waals surface area contributed by atoms with Gasteiger partial charge in [-0.15, -0.1) is 0 Å². The molecule has 0 amide bonds. The number of rotatable bonds is 2. The third-order valence-corrected chi connectivity index (χ3v) is 3.53. The first-order valence-electron chi connectivity index (χ1n) is 6.03. The van der Waals surface area contributed by atoms with Crippen LogP contribution in [0.1, 0.15) is 27.4 Å². The zero-order valence-electron chi connectivity index (χ0n) is 10.1. The van der Waals surface area contributed by atoms with Gasteiger partial charge in [-0.05, 0) is 17.5 Å². The van der Waals surface area contributed by atoms with Crippen LogP contribution in [0.3, 0.4) is 0 Å². The molecule has 0 N–H and O–H groups in total. The van der Waals surface area contributed by atoms with Crippen molar-refractivity contribution in [3.8, 4) is 0 Å². The van der Waals surface area contributed by atoms with Crippen LogP contribution < -0.4 is 0 Å². The number of hydrogen-bond donors (Lipinski definition) is 0. The summed E-state index contributed by atoms with van der Waals surface area (Å²) in [6.07, 6.45) is 0.673. The van der Waals surface area contributed by atoms with E-state index < -0.39 is 4.92 Å². The van der Waals surface area contributed by atoms with Crippen LogP contribution in [-0.2, 0) is 6.42 Å². The minimum absolute atomic E-state index is 0.0479. The van der Waals surface area contributed by atoms with Crippen molar-refractivity contribution >= 4 is 11.5 Å². The van der Waals surface area contributed by atoms with Gasteiger partial charge in [0.2, 0.25) is 0 Å². The highest BCUT2D eigenvalue weighted by Crippen LogP contribution is 2.34. The molecule has 4 heteroatoms. The second-order valence-corrected chi connectivity index (χ2v) is 4.63. The summed E-state index contributed by atoms with van der Waals surface area (Å²) in [5.41, 5.74) is 2.71. The molecule has 0 saturated heterocycles. The van der Waals surface area contributed by atoms with Gasteiger partial charge in [-0.3, -0.25) is 14.9 Å². The molecule has 0 aliphatic heterocycles. The molecule has 2 aromatic carbocycles. The molecule has 2 aromatic rings. The summed E-state index contributed by atoms with van der Waals surface area (Å²) >= 11 is 0. The Morgan fingerprint density at radius 3 is 2.37 bits per heavy atom. The van der Waals surface area contributed by atoms with E-state index in [9.17, 15) is 14.9 Å². The molecule has 0 aromatic heterocycles. The van der Waals surface area contributed by atoms with Gasteiger partial charge in [-0.2, -0.15) is 0 Å². The van der Waals surface area contributed by atoms with Gasteiger partial charge in [0.1, 0.15) is 0 Å². The molecule has 1 aliphatic rings. The van der Waals surface area contributed by atoms with E-state index in [1.165, 1.54) is 12.1 Å². The van der Waals surface area contributed by atoms with Gasteiger partial charge >= 0.3 is 0 Å². The average Bonchev–Trinajstić information content (AvgIpc) is 2.77. The second kappa shape index (κ2) is 4.31. The number of hydrogen-bond acceptors (Lipinski definition) is 3. The lowest BCUT2D eigenvalue weighted by atomic mass is 9.95. The lowest BCUT2D eigenvalue weighted by Gasteiger charge is -2.07. The van der Waals surface area contributed by atoms with Crippen LogP contribution in [0.2, 0.25) is 0 Å². The van der Waals surface area contributed by atoms with Gasteiger partial charge in [-0.25, -0.2) is 0 Å². The van der Waals surface area contributed by atoms with Crippen molar-refractivity contribution in [3.63, 3.8) is 0 Å². The molecule has 1 atom stereocenters. The second-order valence-electron chi connectivity index (χ2n) is 4.63. The Morgan fingerprint density at radius 2 is 1.74 bits per heavy atom. The minimum Gasteiger partial charge on any atom is -0.293 e. The first-order chi connectivity index (χ1) is 9.16. The standard InChI is InChI=1S/C15H11NO3/c17-15-13-4-2-1-3-11(13)9-14(15)10-5-7-12(8-6-10)16(18)19/h1-8,14H,9H2/t14-/m1/s1. The third-order valence-electron chi connectivity index (χ3n) is 3.53. The monoisotopic (exact) mass is 253 g/mol. The lowest BCUT2D eigenvalue weighted by Crippen LogP contribution is -2.06. The number of nitro groups is 1. The maximum Gasteiger partial charge on any atom is 0.269 e. The number of Topliss-reactive ketones (excluding diaryl/α,β-unsaturated/α-hetero) is 1. The van der Waals surface area contributed by atoms with Crippen LogP contribution in [0.25, 0.3) is 0 Å². The fraction of sp³-hybridized carbons (Fsp3) is 0.133. The number of carbonyl (C=O) groups excluding carboxylic acids is 1. The summed E-state index contributed by atoms with van der Waals surface area (Å²) in [5, 5.41) is 10.6. The maximum absolute atomic E-state index is 12.3. The zero-order valence-corrected chi connectivity index (χ0v) is 10.1. The zero-order chi connectivity index (χ0) is 13.4. The van der Waals surface area contributed by atoms with Crippen LogP contribution in [-0.4, -0.2) is 10.7 Å². The highest BCUT2D eigenvalue weighted by molar-refractivity contribution is 6.05. The van der Waals surface area contributed by atoms with E-state index in [1.54, 1.807) is 12.1 Å². The Morgan fingerprint density at radius 1 is 1.05 bits per heavy atom. The van der Waals surface area contributed by atoms with E-state index in [0.717, 1.165) is 16.7 Å². The molecule has 4 nitrogen and oxygen atoms in total. The molecule has 0 saturated carbocycles. The van der Waals surface area contributed by atoms with Gasteiger partial charge in [-0.1, -0.05) is 36.4 Å². The molecule has 0 spiro atoms. The molecular formula is C15H11NO3. The highest BCUT2D eigenvalue weighted by atomic mass is 16.6. The normalized spacial score (nSPS) is 17.3. The fourth-order valence-corrected chi connectivity index (χ4v) is 2.54. The molecule has 19 heavy (non-hydrogen) atoms. The van der Waals surface area contributed by atoms with Crippen LogP contribution in [0.4, 0.5) is 5.69 Å². The van der Waals surface area contributed by atoms with E-state index in [4.69, 9.17) is 0 Å². The van der Waals surface area contributed by atoms with Gasteiger partial charge in [0, 0.05) is 17.7 Å². The maximum atomic E-state index is 12.3. The van der Waals surface area contributed by atoms with E-state index in [0.29, 0.717) is 6.42 Å². The Bertz CT molecular complexity index is 661. The van der Waals surface area contributed by atoms with Crippen molar-refractivity contribution in [1.29, 1.82) is 0 Å². The topological polar surface area (TPSA) is 60.2 Å².